The molecule has 0 saturated carbocycles. The number of anilines is 1. The Kier molecular flexibility index (Phi) is 5.85. The van der Waals surface area contributed by atoms with Crippen LogP contribution in [0, 0.1) is 6.92 Å². The van der Waals surface area contributed by atoms with Gasteiger partial charge in [-0.25, -0.2) is 19.7 Å². The highest BCUT2D eigenvalue weighted by Gasteiger charge is 2.35. The molecule has 2 aromatic heterocycles. The minimum atomic E-state index is -4.63. The monoisotopic (exact) mass is 421 g/mol. The zero-order valence-corrected chi connectivity index (χ0v) is 16.2. The molecule has 158 valence electrons. The number of hydrogen-bond acceptors (Lipinski definition) is 6. The number of carbonyl (C=O) groups is 1. The fraction of sp³-hybridized carbons (Fsp3) is 0.278. The maximum Gasteiger partial charge on any atom is 0.420 e. The van der Waals surface area contributed by atoms with Crippen molar-refractivity contribution in [3.05, 3.63) is 53.9 Å². The summed E-state index contributed by atoms with van der Waals surface area (Å²) in [5, 5.41) is 9.09. The molecule has 0 saturated heterocycles. The van der Waals surface area contributed by atoms with Crippen molar-refractivity contribution < 1.29 is 22.7 Å². The highest BCUT2D eigenvalue weighted by atomic mass is 19.4. The average molecular weight is 421 g/mol. The second kappa shape index (κ2) is 8.35. The second-order valence-corrected chi connectivity index (χ2v) is 6.26. The predicted molar refractivity (Wildman–Crippen MR) is 100 cm³/mol. The normalized spacial score (nSPS) is 12.3. The molecule has 1 aromatic carbocycles. The van der Waals surface area contributed by atoms with Crippen molar-refractivity contribution >= 4 is 11.7 Å². The van der Waals surface area contributed by atoms with Gasteiger partial charge in [-0.3, -0.25) is 0 Å². The Hall–Kier alpha value is -3.70. The number of nitrogens with zero attached hydrogens (tertiary/aromatic N) is 5. The van der Waals surface area contributed by atoms with Crippen LogP contribution in [0.5, 0.6) is 5.75 Å². The number of carbonyl (C=O) groups excluding carboxylic acids is 1. The van der Waals surface area contributed by atoms with Crippen molar-refractivity contribution in [3.63, 3.8) is 0 Å². The van der Waals surface area contributed by atoms with Crippen LogP contribution in [0.3, 0.4) is 0 Å². The molecule has 12 heteroatoms. The first kappa shape index (κ1) is 21.0. The van der Waals surface area contributed by atoms with E-state index in [9.17, 15) is 18.0 Å². The van der Waals surface area contributed by atoms with Gasteiger partial charge >= 0.3 is 12.2 Å². The molecule has 9 nitrogen and oxygen atoms in total. The number of halogens is 3. The molecule has 3 aromatic rings. The Morgan fingerprint density at radius 1 is 1.20 bits per heavy atom. The Morgan fingerprint density at radius 3 is 2.53 bits per heavy atom. The molecule has 0 spiro atoms. The summed E-state index contributed by atoms with van der Waals surface area (Å²) < 4.78 is 45.9. The van der Waals surface area contributed by atoms with Crippen molar-refractivity contribution in [2.24, 2.45) is 0 Å². The van der Waals surface area contributed by atoms with Gasteiger partial charge in [0.25, 0.3) is 5.95 Å². The van der Waals surface area contributed by atoms with Crippen molar-refractivity contribution in [3.8, 4) is 11.7 Å². The first-order valence-corrected chi connectivity index (χ1v) is 8.71. The minimum Gasteiger partial charge on any atom is -0.496 e. The third-order valence-corrected chi connectivity index (χ3v) is 4.15. The predicted octanol–water partition coefficient (Wildman–Crippen LogP) is 3.28. The van der Waals surface area contributed by atoms with Gasteiger partial charge in [-0.1, -0.05) is 0 Å². The van der Waals surface area contributed by atoms with Crippen molar-refractivity contribution in [2.45, 2.75) is 26.1 Å². The van der Waals surface area contributed by atoms with Gasteiger partial charge in [0.2, 0.25) is 0 Å². The highest BCUT2D eigenvalue weighted by Crippen LogP contribution is 2.39. The lowest BCUT2D eigenvalue weighted by Gasteiger charge is -2.18. The third-order valence-electron chi connectivity index (χ3n) is 4.15. The second-order valence-electron chi connectivity index (χ2n) is 6.26. The van der Waals surface area contributed by atoms with Crippen LogP contribution in [0.1, 0.15) is 29.9 Å². The molecular weight excluding hydrogens is 403 g/mol. The standard InChI is InChI=1S/C18H18F3N7O2/c1-10-7-14(30-3)12(18(19,20)21)8-13(10)27-17(29)26-11(2)15-24-9-25-28(15)16-22-5-4-6-23-16/h4-9,11H,1-3H3,(H2,26,27,29). The number of rotatable bonds is 5. The summed E-state index contributed by atoms with van der Waals surface area (Å²) in [6.45, 7) is 3.20. The Balaban J connectivity index is 1.78. The summed E-state index contributed by atoms with van der Waals surface area (Å²) in [4.78, 5) is 24.7. The van der Waals surface area contributed by atoms with E-state index in [4.69, 9.17) is 4.74 Å². The quantitative estimate of drug-likeness (QED) is 0.655. The number of urea groups is 1. The molecular formula is C18H18F3N7O2. The van der Waals surface area contributed by atoms with E-state index in [0.29, 0.717) is 11.4 Å². The number of nitrogens with one attached hydrogen (secondary N) is 2. The molecule has 0 fully saturated rings. The molecule has 0 radical (unpaired) electrons. The fourth-order valence-corrected chi connectivity index (χ4v) is 2.73. The van der Waals surface area contributed by atoms with Crippen molar-refractivity contribution in [1.82, 2.24) is 30.0 Å². The molecule has 0 aliphatic heterocycles. The molecule has 0 aliphatic carbocycles. The lowest BCUT2D eigenvalue weighted by atomic mass is 10.1. The lowest BCUT2D eigenvalue weighted by Crippen LogP contribution is -2.33. The van der Waals surface area contributed by atoms with Crippen molar-refractivity contribution in [2.75, 3.05) is 12.4 Å². The van der Waals surface area contributed by atoms with Crippen LogP contribution in [-0.4, -0.2) is 37.9 Å². The molecule has 2 heterocycles. The number of aromatic nitrogens is 5. The zero-order chi connectivity index (χ0) is 21.9. The fourth-order valence-electron chi connectivity index (χ4n) is 2.73. The van der Waals surface area contributed by atoms with Gasteiger partial charge in [0.1, 0.15) is 12.1 Å². The van der Waals surface area contributed by atoms with Crippen LogP contribution >= 0.6 is 0 Å². The van der Waals surface area contributed by atoms with Crippen LogP contribution < -0.4 is 15.4 Å². The van der Waals surface area contributed by atoms with Crippen LogP contribution in [0.2, 0.25) is 0 Å². The molecule has 30 heavy (non-hydrogen) atoms. The first-order chi connectivity index (χ1) is 14.2. The number of methoxy groups -OCH3 is 1. The number of benzene rings is 1. The van der Waals surface area contributed by atoms with Crippen LogP contribution in [-0.2, 0) is 6.18 Å². The lowest BCUT2D eigenvalue weighted by molar-refractivity contribution is -0.138. The molecule has 2 amide bonds. The maximum atomic E-state index is 13.2. The topological polar surface area (TPSA) is 107 Å². The van der Waals surface area contributed by atoms with E-state index >= 15 is 0 Å². The summed E-state index contributed by atoms with van der Waals surface area (Å²) in [7, 11) is 1.15. The Labute approximate surface area is 169 Å². The molecule has 1 atom stereocenters. The number of aryl methyl sites for hydroxylation is 1. The van der Waals surface area contributed by atoms with Crippen LogP contribution in [0.4, 0.5) is 23.7 Å². The Morgan fingerprint density at radius 2 is 1.90 bits per heavy atom. The van der Waals surface area contributed by atoms with E-state index < -0.39 is 23.8 Å². The summed E-state index contributed by atoms with van der Waals surface area (Å²) in [6.07, 6.45) is -0.289. The average Bonchev–Trinajstić information content (AvgIpc) is 3.19. The summed E-state index contributed by atoms with van der Waals surface area (Å²) in [5.74, 6) is 0.286. The van der Waals surface area contributed by atoms with Gasteiger partial charge in [0, 0.05) is 18.1 Å². The van der Waals surface area contributed by atoms with E-state index in [1.807, 2.05) is 0 Å². The minimum absolute atomic E-state index is 0.000634. The van der Waals surface area contributed by atoms with Gasteiger partial charge in [-0.15, -0.1) is 0 Å². The van der Waals surface area contributed by atoms with Crippen LogP contribution in [0.15, 0.2) is 36.9 Å². The van der Waals surface area contributed by atoms with Gasteiger partial charge in [-0.2, -0.15) is 23.0 Å². The molecule has 0 bridgehead atoms. The van der Waals surface area contributed by atoms with E-state index in [1.54, 1.807) is 19.9 Å². The smallest absolute Gasteiger partial charge is 0.420 e. The molecule has 2 N–H and O–H groups in total. The largest absolute Gasteiger partial charge is 0.496 e. The molecule has 3 rings (SSSR count). The molecule has 1 unspecified atom stereocenters. The van der Waals surface area contributed by atoms with E-state index in [1.165, 1.54) is 29.5 Å². The van der Waals surface area contributed by atoms with Gasteiger partial charge < -0.3 is 15.4 Å². The number of alkyl halides is 3. The number of ether oxygens (including phenoxy) is 1. The Bertz CT molecular complexity index is 1040. The summed E-state index contributed by atoms with van der Waals surface area (Å²) in [5.41, 5.74) is -0.580. The van der Waals surface area contributed by atoms with Gasteiger partial charge in [-0.05, 0) is 37.6 Å². The van der Waals surface area contributed by atoms with E-state index in [-0.39, 0.29) is 17.4 Å². The van der Waals surface area contributed by atoms with Crippen molar-refractivity contribution in [1.29, 1.82) is 0 Å². The van der Waals surface area contributed by atoms with Crippen LogP contribution in [0.25, 0.3) is 5.95 Å². The van der Waals surface area contributed by atoms with Gasteiger partial charge in [0.15, 0.2) is 5.82 Å². The SMILES string of the molecule is COc1cc(C)c(NC(=O)NC(C)c2ncnn2-c2ncccn2)cc1C(F)(F)F. The van der Waals surface area contributed by atoms with Gasteiger partial charge in [0.05, 0.1) is 18.7 Å². The number of hydrogen-bond donors (Lipinski definition) is 2. The third kappa shape index (κ3) is 4.47. The zero-order valence-electron chi connectivity index (χ0n) is 16.2. The first-order valence-electron chi connectivity index (χ1n) is 8.71. The highest BCUT2D eigenvalue weighted by molar-refractivity contribution is 5.90. The summed E-state index contributed by atoms with van der Waals surface area (Å²) in [6, 6.07) is 2.33. The molecule has 0 aliphatic rings. The maximum absolute atomic E-state index is 13.2. The summed E-state index contributed by atoms with van der Waals surface area (Å²) >= 11 is 0. The van der Waals surface area contributed by atoms with E-state index in [0.717, 1.165) is 13.2 Å². The van der Waals surface area contributed by atoms with E-state index in [2.05, 4.69) is 30.7 Å². The number of amides is 2.